The van der Waals surface area contributed by atoms with Gasteiger partial charge in [0, 0.05) is 30.4 Å². The molecular weight excluding hydrogens is 578 g/mol. The molecule has 2 aromatic rings. The summed E-state index contributed by atoms with van der Waals surface area (Å²) in [6, 6.07) is 14.1. The molecule has 0 aromatic heterocycles. The molecule has 0 spiro atoms. The molecule has 12 heteroatoms. The fourth-order valence-corrected chi connectivity index (χ4v) is 4.81. The maximum atomic E-state index is 13.6. The zero-order valence-corrected chi connectivity index (χ0v) is 24.2. The van der Waals surface area contributed by atoms with Crippen LogP contribution < -0.4 is 5.32 Å². The second-order valence-electron chi connectivity index (χ2n) is 11.6. The van der Waals surface area contributed by atoms with Crippen molar-refractivity contribution >= 4 is 23.4 Å². The first-order valence-corrected chi connectivity index (χ1v) is 13.8. The average molecular weight is 613 g/mol. The first kappa shape index (κ1) is 33.8. The molecule has 1 amide bonds. The summed E-state index contributed by atoms with van der Waals surface area (Å²) in [6.45, 7) is 6.18. The minimum atomic E-state index is -4.77. The molecule has 3 rings (SSSR count). The zero-order valence-electron chi connectivity index (χ0n) is 24.2. The van der Waals surface area contributed by atoms with Crippen LogP contribution >= 0.6 is 0 Å². The van der Waals surface area contributed by atoms with Crippen LogP contribution in [0.4, 0.5) is 26.3 Å². The molecule has 0 radical (unpaired) electrons. The lowest BCUT2D eigenvalue weighted by molar-refractivity contribution is -0.171. The standard InChI is InChI=1S/C31H34F6N2O4/c1-18-10-11-20-17-24(40)26(38-25(23(20)16-18)19-8-6-5-7-9-19)39-27(41)21(12-14-30(32,33)34)22(13-15-31(35,36)37)28(42)43-29(2,3)4/h5-11,16,21-22,26H,12-15,17H2,1-4H3,(H,39,41)/t21-,22+,26?/m1/s1. The van der Waals surface area contributed by atoms with Crippen molar-refractivity contribution in [2.75, 3.05) is 0 Å². The van der Waals surface area contributed by atoms with Gasteiger partial charge in [0.15, 0.2) is 11.9 Å². The third-order valence-corrected chi connectivity index (χ3v) is 6.78. The van der Waals surface area contributed by atoms with Crippen molar-refractivity contribution in [1.82, 2.24) is 5.32 Å². The third-order valence-electron chi connectivity index (χ3n) is 6.78. The molecule has 0 aliphatic carbocycles. The monoisotopic (exact) mass is 612 g/mol. The Bertz CT molecular complexity index is 1350. The summed E-state index contributed by atoms with van der Waals surface area (Å²) in [5.41, 5.74) is 1.88. The van der Waals surface area contributed by atoms with Gasteiger partial charge in [0.25, 0.3) is 0 Å². The number of nitrogens with zero attached hydrogens (tertiary/aromatic N) is 1. The molecule has 0 bridgehead atoms. The molecule has 1 aliphatic rings. The van der Waals surface area contributed by atoms with E-state index in [1.807, 2.05) is 13.0 Å². The second-order valence-corrected chi connectivity index (χ2v) is 11.6. The molecule has 1 aliphatic heterocycles. The summed E-state index contributed by atoms with van der Waals surface area (Å²) >= 11 is 0. The molecule has 2 aromatic carbocycles. The van der Waals surface area contributed by atoms with Crippen LogP contribution in [0.2, 0.25) is 0 Å². The van der Waals surface area contributed by atoms with Crippen molar-refractivity contribution < 1.29 is 45.5 Å². The van der Waals surface area contributed by atoms with Gasteiger partial charge < -0.3 is 10.1 Å². The summed E-state index contributed by atoms with van der Waals surface area (Å²) in [7, 11) is 0. The molecule has 0 saturated heterocycles. The van der Waals surface area contributed by atoms with E-state index in [4.69, 9.17) is 4.74 Å². The molecular formula is C31H34F6N2O4. The summed E-state index contributed by atoms with van der Waals surface area (Å²) in [6.07, 6.45) is -16.3. The second kappa shape index (κ2) is 13.3. The number of halogens is 6. The molecule has 1 heterocycles. The van der Waals surface area contributed by atoms with Crippen LogP contribution in [-0.2, 0) is 25.5 Å². The predicted octanol–water partition coefficient (Wildman–Crippen LogP) is 6.66. The Kier molecular flexibility index (Phi) is 10.5. The minimum Gasteiger partial charge on any atom is -0.460 e. The van der Waals surface area contributed by atoms with E-state index < -0.39 is 79.3 Å². The number of amides is 1. The number of hydrogen-bond donors (Lipinski definition) is 1. The lowest BCUT2D eigenvalue weighted by Crippen LogP contribution is -2.47. The van der Waals surface area contributed by atoms with E-state index in [-0.39, 0.29) is 6.42 Å². The summed E-state index contributed by atoms with van der Waals surface area (Å²) in [5, 5.41) is 2.36. The molecule has 0 saturated carbocycles. The number of hydrogen-bond acceptors (Lipinski definition) is 5. The number of ether oxygens (including phenoxy) is 1. The lowest BCUT2D eigenvalue weighted by atomic mass is 9.83. The van der Waals surface area contributed by atoms with E-state index in [2.05, 4.69) is 10.3 Å². The van der Waals surface area contributed by atoms with Crippen molar-refractivity contribution in [1.29, 1.82) is 0 Å². The van der Waals surface area contributed by atoms with Crippen LogP contribution in [0.15, 0.2) is 53.5 Å². The van der Waals surface area contributed by atoms with E-state index in [0.717, 1.165) is 5.56 Å². The van der Waals surface area contributed by atoms with Gasteiger partial charge in [0.1, 0.15) is 5.60 Å². The molecule has 1 unspecified atom stereocenters. The largest absolute Gasteiger partial charge is 0.460 e. The van der Waals surface area contributed by atoms with Gasteiger partial charge in [-0.1, -0.05) is 48.0 Å². The topological polar surface area (TPSA) is 84.8 Å². The van der Waals surface area contributed by atoms with Crippen molar-refractivity contribution in [2.24, 2.45) is 16.8 Å². The van der Waals surface area contributed by atoms with E-state index in [0.29, 0.717) is 22.4 Å². The van der Waals surface area contributed by atoms with Crippen LogP contribution in [0.25, 0.3) is 0 Å². The Morgan fingerprint density at radius 2 is 1.51 bits per heavy atom. The number of Topliss-reactive ketones (excluding diaryl/α,β-unsaturated/α-hetero) is 1. The lowest BCUT2D eigenvalue weighted by Gasteiger charge is -2.30. The number of aryl methyl sites for hydroxylation is 1. The Hall–Kier alpha value is -3.70. The van der Waals surface area contributed by atoms with Gasteiger partial charge in [-0.15, -0.1) is 0 Å². The van der Waals surface area contributed by atoms with E-state index >= 15 is 0 Å². The van der Waals surface area contributed by atoms with Crippen molar-refractivity contribution in [2.45, 2.75) is 83.9 Å². The molecule has 6 nitrogen and oxygen atoms in total. The van der Waals surface area contributed by atoms with Gasteiger partial charge in [-0.05, 0) is 52.2 Å². The molecule has 3 atom stereocenters. The van der Waals surface area contributed by atoms with Gasteiger partial charge in [0.2, 0.25) is 5.91 Å². The number of carbonyl (C=O) groups is 3. The number of ketones is 1. The smallest absolute Gasteiger partial charge is 0.389 e. The molecule has 0 fully saturated rings. The predicted molar refractivity (Wildman–Crippen MR) is 147 cm³/mol. The number of fused-ring (bicyclic) bond motifs is 1. The van der Waals surface area contributed by atoms with Crippen LogP contribution in [0.3, 0.4) is 0 Å². The van der Waals surface area contributed by atoms with Crippen LogP contribution in [0.5, 0.6) is 0 Å². The number of rotatable bonds is 9. The zero-order chi connectivity index (χ0) is 32.2. The maximum absolute atomic E-state index is 13.6. The number of carbonyl (C=O) groups excluding carboxylic acids is 3. The average Bonchev–Trinajstić information content (AvgIpc) is 3.00. The van der Waals surface area contributed by atoms with Crippen molar-refractivity contribution in [3.8, 4) is 0 Å². The molecule has 1 N–H and O–H groups in total. The van der Waals surface area contributed by atoms with E-state index in [9.17, 15) is 40.7 Å². The van der Waals surface area contributed by atoms with Gasteiger partial charge in [-0.3, -0.25) is 19.4 Å². The summed E-state index contributed by atoms with van der Waals surface area (Å²) in [4.78, 5) is 44.5. The highest BCUT2D eigenvalue weighted by molar-refractivity contribution is 6.16. The SMILES string of the molecule is Cc1ccc2c(c1)C(c1ccccc1)=NC(NC(=O)[C@H](CCC(F)(F)F)[C@H](CCC(F)(F)F)C(=O)OC(C)(C)C)C(=O)C2. The Morgan fingerprint density at radius 1 is 0.930 bits per heavy atom. The highest BCUT2D eigenvalue weighted by Gasteiger charge is 2.42. The van der Waals surface area contributed by atoms with Crippen molar-refractivity contribution in [3.63, 3.8) is 0 Å². The van der Waals surface area contributed by atoms with Crippen LogP contribution in [0, 0.1) is 18.8 Å². The van der Waals surface area contributed by atoms with Gasteiger partial charge >= 0.3 is 18.3 Å². The normalized spacial score (nSPS) is 17.3. The van der Waals surface area contributed by atoms with Gasteiger partial charge in [-0.2, -0.15) is 26.3 Å². The third kappa shape index (κ3) is 10.2. The number of esters is 1. The quantitative estimate of drug-likeness (QED) is 0.254. The van der Waals surface area contributed by atoms with Crippen LogP contribution in [0.1, 0.15) is 68.7 Å². The van der Waals surface area contributed by atoms with E-state index in [1.165, 1.54) is 20.8 Å². The van der Waals surface area contributed by atoms with E-state index in [1.54, 1.807) is 42.5 Å². The number of aliphatic imine (C=N–C) groups is 1. The summed E-state index contributed by atoms with van der Waals surface area (Å²) < 4.78 is 84.7. The van der Waals surface area contributed by atoms with Crippen molar-refractivity contribution in [3.05, 3.63) is 70.8 Å². The number of alkyl halides is 6. The Balaban J connectivity index is 2.04. The first-order chi connectivity index (χ1) is 19.8. The highest BCUT2D eigenvalue weighted by atomic mass is 19.4. The fraction of sp³-hybridized carbons (Fsp3) is 0.484. The first-order valence-electron chi connectivity index (χ1n) is 13.8. The highest BCUT2D eigenvalue weighted by Crippen LogP contribution is 2.34. The van der Waals surface area contributed by atoms with Crippen LogP contribution in [-0.4, -0.2) is 47.5 Å². The van der Waals surface area contributed by atoms with Gasteiger partial charge in [0.05, 0.1) is 17.5 Å². The van der Waals surface area contributed by atoms with Gasteiger partial charge in [-0.25, -0.2) is 0 Å². The minimum absolute atomic E-state index is 0.169. The number of benzene rings is 2. The maximum Gasteiger partial charge on any atom is 0.389 e. The Morgan fingerprint density at radius 3 is 2.07 bits per heavy atom. The number of nitrogens with one attached hydrogen (secondary N) is 1. The molecule has 43 heavy (non-hydrogen) atoms. The summed E-state index contributed by atoms with van der Waals surface area (Å²) in [5.74, 6) is -6.75. The fourth-order valence-electron chi connectivity index (χ4n) is 4.81. The molecule has 234 valence electrons. The Labute approximate surface area is 245 Å².